The van der Waals surface area contributed by atoms with Crippen molar-refractivity contribution in [1.82, 2.24) is 0 Å². The van der Waals surface area contributed by atoms with E-state index >= 15 is 0 Å². The molecule has 0 saturated heterocycles. The molecular formula is C17H20O3S. The summed E-state index contributed by atoms with van der Waals surface area (Å²) >= 11 is 0. The Morgan fingerprint density at radius 1 is 1.00 bits per heavy atom. The van der Waals surface area contributed by atoms with E-state index in [4.69, 9.17) is 0 Å². The molecule has 2 aromatic rings. The molecule has 0 amide bonds. The summed E-state index contributed by atoms with van der Waals surface area (Å²) in [5.41, 5.74) is 3.46. The quantitative estimate of drug-likeness (QED) is 0.944. The van der Waals surface area contributed by atoms with E-state index in [1.54, 1.807) is 18.2 Å². The van der Waals surface area contributed by atoms with Gasteiger partial charge in [0.15, 0.2) is 9.84 Å². The second-order valence-corrected chi connectivity index (χ2v) is 7.51. The molecule has 1 unspecified atom stereocenters. The van der Waals surface area contributed by atoms with Crippen LogP contribution >= 0.6 is 0 Å². The van der Waals surface area contributed by atoms with Crippen LogP contribution < -0.4 is 0 Å². The van der Waals surface area contributed by atoms with E-state index in [0.29, 0.717) is 5.56 Å². The van der Waals surface area contributed by atoms with Crippen LogP contribution in [-0.2, 0) is 9.84 Å². The molecular weight excluding hydrogens is 284 g/mol. The van der Waals surface area contributed by atoms with Crippen molar-refractivity contribution in [1.29, 1.82) is 0 Å². The Bertz CT molecular complexity index is 748. The van der Waals surface area contributed by atoms with Crippen molar-refractivity contribution < 1.29 is 13.5 Å². The third-order valence-electron chi connectivity index (χ3n) is 3.52. The molecule has 2 rings (SSSR count). The van der Waals surface area contributed by atoms with Crippen molar-refractivity contribution in [2.24, 2.45) is 0 Å². The van der Waals surface area contributed by atoms with E-state index in [2.05, 4.69) is 0 Å². The normalized spacial score (nSPS) is 13.1. The van der Waals surface area contributed by atoms with Crippen LogP contribution in [0.25, 0.3) is 0 Å². The number of rotatable bonds is 4. The van der Waals surface area contributed by atoms with Gasteiger partial charge in [-0.25, -0.2) is 8.42 Å². The molecule has 112 valence electrons. The fourth-order valence-corrected chi connectivity index (χ4v) is 3.76. The van der Waals surface area contributed by atoms with E-state index < -0.39 is 15.9 Å². The maximum atomic E-state index is 12.4. The number of benzene rings is 2. The fraction of sp³-hybridized carbons (Fsp3) is 0.294. The zero-order chi connectivity index (χ0) is 15.6. The molecule has 3 nitrogen and oxygen atoms in total. The van der Waals surface area contributed by atoms with Gasteiger partial charge < -0.3 is 5.11 Å². The van der Waals surface area contributed by atoms with Crippen LogP contribution in [0.5, 0.6) is 0 Å². The number of hydrogen-bond acceptors (Lipinski definition) is 3. The molecule has 0 saturated carbocycles. The van der Waals surface area contributed by atoms with Gasteiger partial charge >= 0.3 is 0 Å². The van der Waals surface area contributed by atoms with Crippen molar-refractivity contribution in [3.05, 3.63) is 64.7 Å². The van der Waals surface area contributed by atoms with Gasteiger partial charge in [0.05, 0.1) is 16.8 Å². The Morgan fingerprint density at radius 2 is 1.67 bits per heavy atom. The molecule has 0 aliphatic heterocycles. The number of aryl methyl sites for hydroxylation is 3. The number of sulfone groups is 1. The number of hydrogen-bond donors (Lipinski definition) is 1. The zero-order valence-electron chi connectivity index (χ0n) is 12.5. The molecule has 4 heteroatoms. The van der Waals surface area contributed by atoms with E-state index in [0.717, 1.165) is 16.7 Å². The lowest BCUT2D eigenvalue weighted by atomic mass is 10.0. The first-order valence-electron chi connectivity index (χ1n) is 6.84. The average Bonchev–Trinajstić information content (AvgIpc) is 2.41. The Kier molecular flexibility index (Phi) is 4.49. The summed E-state index contributed by atoms with van der Waals surface area (Å²) in [6.07, 6.45) is -1.02. The van der Waals surface area contributed by atoms with Crippen molar-refractivity contribution in [3.63, 3.8) is 0 Å². The zero-order valence-corrected chi connectivity index (χ0v) is 13.3. The summed E-state index contributed by atoms with van der Waals surface area (Å²) in [4.78, 5) is 0.256. The second kappa shape index (κ2) is 6.00. The fourth-order valence-electron chi connectivity index (χ4n) is 2.32. The Hall–Kier alpha value is -1.65. The summed E-state index contributed by atoms with van der Waals surface area (Å²) in [6.45, 7) is 5.64. The molecule has 0 spiro atoms. The molecule has 2 aromatic carbocycles. The van der Waals surface area contributed by atoms with Crippen LogP contribution in [0.3, 0.4) is 0 Å². The van der Waals surface area contributed by atoms with Crippen molar-refractivity contribution in [2.75, 3.05) is 5.75 Å². The van der Waals surface area contributed by atoms with Gasteiger partial charge in [-0.05, 0) is 49.6 Å². The highest BCUT2D eigenvalue weighted by Crippen LogP contribution is 2.23. The van der Waals surface area contributed by atoms with E-state index in [1.165, 1.54) is 0 Å². The first-order valence-corrected chi connectivity index (χ1v) is 8.49. The van der Waals surface area contributed by atoms with Crippen molar-refractivity contribution in [2.45, 2.75) is 31.8 Å². The summed E-state index contributed by atoms with van der Waals surface area (Å²) < 4.78 is 24.8. The molecule has 0 aromatic heterocycles. The van der Waals surface area contributed by atoms with Gasteiger partial charge in [0.1, 0.15) is 0 Å². The lowest BCUT2D eigenvalue weighted by molar-refractivity contribution is 0.201. The third-order valence-corrected chi connectivity index (χ3v) is 5.25. The number of aliphatic hydroxyl groups is 1. The van der Waals surface area contributed by atoms with Crippen LogP contribution in [0.4, 0.5) is 0 Å². The standard InChI is InChI=1S/C17H20O3S/c1-12-5-4-6-15(9-12)21(19,20)11-17(18)16-10-13(2)7-8-14(16)3/h4-10,17-18H,11H2,1-3H3. The molecule has 0 aliphatic carbocycles. The average molecular weight is 304 g/mol. The highest BCUT2D eigenvalue weighted by Gasteiger charge is 2.22. The van der Waals surface area contributed by atoms with Crippen LogP contribution in [-0.4, -0.2) is 19.3 Å². The van der Waals surface area contributed by atoms with Gasteiger partial charge in [-0.15, -0.1) is 0 Å². The molecule has 0 bridgehead atoms. The van der Waals surface area contributed by atoms with E-state index in [-0.39, 0.29) is 10.6 Å². The van der Waals surface area contributed by atoms with E-state index in [9.17, 15) is 13.5 Å². The van der Waals surface area contributed by atoms with Crippen LogP contribution in [0.2, 0.25) is 0 Å². The van der Waals surface area contributed by atoms with Gasteiger partial charge in [0.25, 0.3) is 0 Å². The molecule has 0 heterocycles. The predicted octanol–water partition coefficient (Wildman–Crippen LogP) is 3.12. The van der Waals surface area contributed by atoms with Gasteiger partial charge in [-0.3, -0.25) is 0 Å². The summed E-state index contributed by atoms with van der Waals surface area (Å²) in [6, 6.07) is 12.4. The smallest absolute Gasteiger partial charge is 0.181 e. The highest BCUT2D eigenvalue weighted by molar-refractivity contribution is 7.91. The molecule has 1 N–H and O–H groups in total. The Balaban J connectivity index is 2.30. The molecule has 0 aliphatic rings. The first kappa shape index (κ1) is 15.7. The maximum absolute atomic E-state index is 12.4. The van der Waals surface area contributed by atoms with Crippen LogP contribution in [0.1, 0.15) is 28.4 Å². The van der Waals surface area contributed by atoms with Crippen molar-refractivity contribution in [3.8, 4) is 0 Å². The summed E-state index contributed by atoms with van der Waals surface area (Å²) in [5.74, 6) is -0.305. The largest absolute Gasteiger partial charge is 0.387 e. The minimum absolute atomic E-state index is 0.256. The molecule has 0 radical (unpaired) electrons. The first-order chi connectivity index (χ1) is 9.79. The Morgan fingerprint density at radius 3 is 2.33 bits per heavy atom. The van der Waals surface area contributed by atoms with Crippen molar-refractivity contribution >= 4 is 9.84 Å². The van der Waals surface area contributed by atoms with Gasteiger partial charge in [0.2, 0.25) is 0 Å². The molecule has 0 fully saturated rings. The lowest BCUT2D eigenvalue weighted by Crippen LogP contribution is -2.16. The highest BCUT2D eigenvalue weighted by atomic mass is 32.2. The lowest BCUT2D eigenvalue weighted by Gasteiger charge is -2.15. The van der Waals surface area contributed by atoms with Gasteiger partial charge in [0, 0.05) is 0 Å². The summed E-state index contributed by atoms with van der Waals surface area (Å²) in [5, 5.41) is 10.3. The Labute approximate surface area is 126 Å². The minimum atomic E-state index is -3.51. The second-order valence-electron chi connectivity index (χ2n) is 5.47. The van der Waals surface area contributed by atoms with Gasteiger partial charge in [-0.2, -0.15) is 0 Å². The topological polar surface area (TPSA) is 54.4 Å². The van der Waals surface area contributed by atoms with E-state index in [1.807, 2.05) is 45.0 Å². The molecule has 1 atom stereocenters. The number of aliphatic hydroxyl groups excluding tert-OH is 1. The molecule has 21 heavy (non-hydrogen) atoms. The predicted molar refractivity (Wildman–Crippen MR) is 84.1 cm³/mol. The maximum Gasteiger partial charge on any atom is 0.181 e. The van der Waals surface area contributed by atoms with Gasteiger partial charge in [-0.1, -0.05) is 35.9 Å². The van der Waals surface area contributed by atoms with Crippen LogP contribution in [0, 0.1) is 20.8 Å². The minimum Gasteiger partial charge on any atom is -0.387 e. The SMILES string of the molecule is Cc1cccc(S(=O)(=O)CC(O)c2cc(C)ccc2C)c1. The monoisotopic (exact) mass is 304 g/mol. The third kappa shape index (κ3) is 3.71. The van der Waals surface area contributed by atoms with Crippen LogP contribution in [0.15, 0.2) is 47.4 Å². The summed E-state index contributed by atoms with van der Waals surface area (Å²) in [7, 11) is -3.51.